The van der Waals surface area contributed by atoms with Gasteiger partial charge in [0, 0.05) is 19.7 Å². The van der Waals surface area contributed by atoms with Crippen molar-refractivity contribution in [2.45, 2.75) is 51.7 Å². The van der Waals surface area contributed by atoms with E-state index in [-0.39, 0.29) is 18.7 Å². The Morgan fingerprint density at radius 3 is 2.50 bits per heavy atom. The number of aliphatic hydroxyl groups is 1. The minimum Gasteiger partial charge on any atom is -0.444 e. The van der Waals surface area contributed by atoms with Crippen molar-refractivity contribution in [2.75, 3.05) is 13.7 Å². The number of aliphatic hydroxyl groups excluding tert-OH is 1. The van der Waals surface area contributed by atoms with Crippen LogP contribution in [0, 0.1) is 5.92 Å². The molecule has 1 amide bonds. The maximum Gasteiger partial charge on any atom is 0.410 e. The molecule has 94 valence electrons. The molecule has 0 bridgehead atoms. The van der Waals surface area contributed by atoms with E-state index in [1.165, 1.54) is 0 Å². The zero-order chi connectivity index (χ0) is 12.3. The fourth-order valence-corrected chi connectivity index (χ4v) is 2.05. The lowest BCUT2D eigenvalue weighted by Crippen LogP contribution is -2.39. The number of carbonyl (C=O) groups is 1. The number of amides is 1. The summed E-state index contributed by atoms with van der Waals surface area (Å²) >= 11 is 0. The molecule has 0 aromatic carbocycles. The molecule has 2 unspecified atom stereocenters. The molecule has 1 rings (SSSR count). The van der Waals surface area contributed by atoms with Gasteiger partial charge >= 0.3 is 6.09 Å². The third-order valence-corrected chi connectivity index (χ3v) is 3.00. The first kappa shape index (κ1) is 13.3. The fraction of sp³-hybridized carbons (Fsp3) is 0.917. The van der Waals surface area contributed by atoms with E-state index in [4.69, 9.17) is 9.84 Å². The first-order chi connectivity index (χ1) is 7.33. The molecule has 0 aliphatic heterocycles. The van der Waals surface area contributed by atoms with Gasteiger partial charge in [-0.25, -0.2) is 4.79 Å². The standard InChI is InChI=1S/C12H23NO3/c1-12(2,3)16-11(15)13(4)10-6-5-9(7-10)8-14/h9-10,14H,5-8H2,1-4H3. The zero-order valence-corrected chi connectivity index (χ0v) is 10.7. The van der Waals surface area contributed by atoms with E-state index in [2.05, 4.69) is 0 Å². The van der Waals surface area contributed by atoms with Crippen molar-refractivity contribution in [1.82, 2.24) is 4.90 Å². The van der Waals surface area contributed by atoms with Crippen LogP contribution in [0.2, 0.25) is 0 Å². The summed E-state index contributed by atoms with van der Waals surface area (Å²) in [6.07, 6.45) is 2.57. The summed E-state index contributed by atoms with van der Waals surface area (Å²) in [6.45, 7) is 5.82. The summed E-state index contributed by atoms with van der Waals surface area (Å²) < 4.78 is 5.31. The predicted octanol–water partition coefficient (Wildman–Crippen LogP) is 2.01. The summed E-state index contributed by atoms with van der Waals surface area (Å²) in [5.41, 5.74) is -0.444. The predicted molar refractivity (Wildman–Crippen MR) is 62.2 cm³/mol. The monoisotopic (exact) mass is 229 g/mol. The fourth-order valence-electron chi connectivity index (χ4n) is 2.05. The lowest BCUT2D eigenvalue weighted by Gasteiger charge is -2.28. The Morgan fingerprint density at radius 1 is 1.44 bits per heavy atom. The van der Waals surface area contributed by atoms with E-state index >= 15 is 0 Å². The number of hydrogen-bond acceptors (Lipinski definition) is 3. The molecule has 0 radical (unpaired) electrons. The second-order valence-electron chi connectivity index (χ2n) is 5.61. The SMILES string of the molecule is CN(C(=O)OC(C)(C)C)C1CCC(CO)C1. The van der Waals surface area contributed by atoms with Crippen LogP contribution in [-0.2, 0) is 4.74 Å². The van der Waals surface area contributed by atoms with Crippen LogP contribution in [0.5, 0.6) is 0 Å². The molecule has 16 heavy (non-hydrogen) atoms. The minimum atomic E-state index is -0.444. The van der Waals surface area contributed by atoms with Crippen LogP contribution in [0.4, 0.5) is 4.79 Å². The second kappa shape index (κ2) is 5.04. The van der Waals surface area contributed by atoms with Gasteiger partial charge in [-0.15, -0.1) is 0 Å². The normalized spacial score (nSPS) is 25.6. The van der Waals surface area contributed by atoms with Gasteiger partial charge in [-0.05, 0) is 46.0 Å². The second-order valence-corrected chi connectivity index (χ2v) is 5.61. The van der Waals surface area contributed by atoms with Crippen LogP contribution in [0.1, 0.15) is 40.0 Å². The molecule has 0 aromatic rings. The van der Waals surface area contributed by atoms with E-state index in [9.17, 15) is 4.79 Å². The highest BCUT2D eigenvalue weighted by molar-refractivity contribution is 5.68. The largest absolute Gasteiger partial charge is 0.444 e. The number of ether oxygens (including phenoxy) is 1. The topological polar surface area (TPSA) is 49.8 Å². The molecule has 2 atom stereocenters. The third-order valence-electron chi connectivity index (χ3n) is 3.00. The van der Waals surface area contributed by atoms with Crippen molar-refractivity contribution in [3.05, 3.63) is 0 Å². The third kappa shape index (κ3) is 3.67. The number of hydrogen-bond donors (Lipinski definition) is 1. The Bertz CT molecular complexity index is 247. The summed E-state index contributed by atoms with van der Waals surface area (Å²) in [5.74, 6) is 0.342. The van der Waals surface area contributed by atoms with Crippen LogP contribution in [-0.4, -0.2) is 41.4 Å². The van der Waals surface area contributed by atoms with Crippen LogP contribution in [0.15, 0.2) is 0 Å². The summed E-state index contributed by atoms with van der Waals surface area (Å²) in [6, 6.07) is 0.215. The Labute approximate surface area is 97.6 Å². The molecule has 1 aliphatic rings. The van der Waals surface area contributed by atoms with E-state index in [0.717, 1.165) is 19.3 Å². The van der Waals surface area contributed by atoms with Gasteiger partial charge in [-0.2, -0.15) is 0 Å². The highest BCUT2D eigenvalue weighted by Crippen LogP contribution is 2.29. The smallest absolute Gasteiger partial charge is 0.410 e. The molecule has 1 aliphatic carbocycles. The summed E-state index contributed by atoms with van der Waals surface area (Å²) in [5, 5.41) is 9.06. The van der Waals surface area contributed by atoms with E-state index in [1.807, 2.05) is 20.8 Å². The van der Waals surface area contributed by atoms with Gasteiger partial charge in [0.2, 0.25) is 0 Å². The molecule has 4 heteroatoms. The molecule has 0 saturated heterocycles. The van der Waals surface area contributed by atoms with Crippen molar-refractivity contribution in [3.8, 4) is 0 Å². The molecule has 1 fully saturated rings. The van der Waals surface area contributed by atoms with Gasteiger partial charge in [-0.3, -0.25) is 0 Å². The van der Waals surface area contributed by atoms with Crippen molar-refractivity contribution < 1.29 is 14.6 Å². The maximum absolute atomic E-state index is 11.8. The Morgan fingerprint density at radius 2 is 2.06 bits per heavy atom. The molecule has 0 aromatic heterocycles. The lowest BCUT2D eigenvalue weighted by molar-refractivity contribution is 0.0221. The maximum atomic E-state index is 11.8. The highest BCUT2D eigenvalue weighted by atomic mass is 16.6. The molecule has 4 nitrogen and oxygen atoms in total. The van der Waals surface area contributed by atoms with Gasteiger partial charge in [0.25, 0.3) is 0 Å². The van der Waals surface area contributed by atoms with E-state index < -0.39 is 5.60 Å². The summed E-state index contributed by atoms with van der Waals surface area (Å²) in [7, 11) is 1.78. The van der Waals surface area contributed by atoms with Crippen molar-refractivity contribution in [3.63, 3.8) is 0 Å². The minimum absolute atomic E-state index is 0.215. The van der Waals surface area contributed by atoms with Crippen LogP contribution < -0.4 is 0 Å². The van der Waals surface area contributed by atoms with Crippen molar-refractivity contribution in [1.29, 1.82) is 0 Å². The van der Waals surface area contributed by atoms with Gasteiger partial charge in [0.05, 0.1) is 0 Å². The Hall–Kier alpha value is -0.770. The molecule has 0 spiro atoms. The van der Waals surface area contributed by atoms with Crippen LogP contribution in [0.25, 0.3) is 0 Å². The molecule has 1 saturated carbocycles. The van der Waals surface area contributed by atoms with Crippen molar-refractivity contribution in [2.24, 2.45) is 5.92 Å². The molecular formula is C12H23NO3. The number of carbonyl (C=O) groups excluding carboxylic acids is 1. The zero-order valence-electron chi connectivity index (χ0n) is 10.7. The van der Waals surface area contributed by atoms with E-state index in [1.54, 1.807) is 11.9 Å². The van der Waals surface area contributed by atoms with Gasteiger partial charge in [0.15, 0.2) is 0 Å². The average Bonchev–Trinajstić information content (AvgIpc) is 2.61. The number of rotatable bonds is 2. The molecule has 1 N–H and O–H groups in total. The van der Waals surface area contributed by atoms with Crippen molar-refractivity contribution >= 4 is 6.09 Å². The van der Waals surface area contributed by atoms with Crippen LogP contribution in [0.3, 0.4) is 0 Å². The highest BCUT2D eigenvalue weighted by Gasteiger charge is 2.31. The van der Waals surface area contributed by atoms with Gasteiger partial charge in [0.1, 0.15) is 5.60 Å². The first-order valence-electron chi connectivity index (χ1n) is 5.90. The van der Waals surface area contributed by atoms with Crippen LogP contribution >= 0.6 is 0 Å². The average molecular weight is 229 g/mol. The molecular weight excluding hydrogens is 206 g/mol. The molecule has 0 heterocycles. The lowest BCUT2D eigenvalue weighted by atomic mass is 10.1. The Balaban J connectivity index is 2.46. The summed E-state index contributed by atoms with van der Waals surface area (Å²) in [4.78, 5) is 13.4. The Kier molecular flexibility index (Phi) is 4.19. The number of nitrogens with zero attached hydrogens (tertiary/aromatic N) is 1. The van der Waals surface area contributed by atoms with Gasteiger partial charge in [-0.1, -0.05) is 0 Å². The first-order valence-corrected chi connectivity index (χ1v) is 5.90. The van der Waals surface area contributed by atoms with Gasteiger partial charge < -0.3 is 14.7 Å². The quantitative estimate of drug-likeness (QED) is 0.788. The van der Waals surface area contributed by atoms with E-state index in [0.29, 0.717) is 5.92 Å².